The van der Waals surface area contributed by atoms with Gasteiger partial charge in [-0.05, 0) is 81.4 Å². The van der Waals surface area contributed by atoms with Crippen LogP contribution in [0.15, 0.2) is 91.0 Å². The monoisotopic (exact) mass is 444 g/mol. The van der Waals surface area contributed by atoms with Crippen molar-refractivity contribution in [2.24, 2.45) is 0 Å². The average molecular weight is 445 g/mol. The van der Waals surface area contributed by atoms with Crippen LogP contribution < -0.4 is 0 Å². The van der Waals surface area contributed by atoms with Gasteiger partial charge in [-0.25, -0.2) is 0 Å². The summed E-state index contributed by atoms with van der Waals surface area (Å²) < 4.78 is 2.74. The molecule has 1 heterocycles. The van der Waals surface area contributed by atoms with Crippen molar-refractivity contribution in [3.8, 4) is 11.1 Å². The largest absolute Gasteiger partial charge is 0.135 e. The highest BCUT2D eigenvalue weighted by Crippen LogP contribution is 2.39. The molecule has 1 heteroatoms. The Morgan fingerprint density at radius 1 is 0.545 bits per heavy atom. The van der Waals surface area contributed by atoms with Crippen molar-refractivity contribution in [3.63, 3.8) is 0 Å². The molecule has 0 atom stereocenters. The number of unbranched alkanes of at least 4 members (excludes halogenated alkanes) is 3. The molecule has 0 spiro atoms. The summed E-state index contributed by atoms with van der Waals surface area (Å²) in [5.41, 5.74) is 4.05. The normalized spacial score (nSPS) is 11.8. The molecule has 0 fully saturated rings. The van der Waals surface area contributed by atoms with E-state index in [1.165, 1.54) is 90.5 Å². The van der Waals surface area contributed by atoms with Crippen LogP contribution in [-0.4, -0.2) is 0 Å². The number of hydrogen-bond acceptors (Lipinski definition) is 1. The molecular weight excluding hydrogens is 416 g/mol. The standard InChI is InChI=1S/C32H28S/c1-2-3-4-5-8-22-11-13-23(14-12-22)26-15-16-27-21-32-30(19-28(27)17-26)29-18-24-9-6-7-10-25(24)20-31(29)33-32/h6-7,9-21H,2-5,8H2,1H3. The first-order valence-corrected chi connectivity index (χ1v) is 13.0. The molecule has 0 bridgehead atoms. The van der Waals surface area contributed by atoms with Crippen molar-refractivity contribution < 1.29 is 0 Å². The molecule has 0 unspecified atom stereocenters. The summed E-state index contributed by atoms with van der Waals surface area (Å²) in [5.74, 6) is 0. The van der Waals surface area contributed by atoms with Crippen molar-refractivity contribution >= 4 is 53.1 Å². The highest BCUT2D eigenvalue weighted by molar-refractivity contribution is 7.26. The van der Waals surface area contributed by atoms with E-state index in [1.807, 2.05) is 11.3 Å². The first-order valence-electron chi connectivity index (χ1n) is 12.2. The van der Waals surface area contributed by atoms with Crippen LogP contribution in [0.25, 0.3) is 52.8 Å². The van der Waals surface area contributed by atoms with E-state index in [0.29, 0.717) is 0 Å². The molecule has 0 aliphatic carbocycles. The van der Waals surface area contributed by atoms with E-state index < -0.39 is 0 Å². The third kappa shape index (κ3) is 3.92. The fourth-order valence-electron chi connectivity index (χ4n) is 5.00. The van der Waals surface area contributed by atoms with Gasteiger partial charge in [0.05, 0.1) is 0 Å². The van der Waals surface area contributed by atoms with Crippen LogP contribution in [-0.2, 0) is 6.42 Å². The second-order valence-corrected chi connectivity index (χ2v) is 10.3. The second kappa shape index (κ2) is 8.65. The summed E-state index contributed by atoms with van der Waals surface area (Å²) in [7, 11) is 0. The van der Waals surface area contributed by atoms with Gasteiger partial charge in [0.15, 0.2) is 0 Å². The molecule has 5 aromatic carbocycles. The summed E-state index contributed by atoms with van der Waals surface area (Å²) in [6.45, 7) is 2.27. The van der Waals surface area contributed by atoms with E-state index in [9.17, 15) is 0 Å². The molecule has 6 rings (SSSR count). The Bertz CT molecular complexity index is 1580. The van der Waals surface area contributed by atoms with Crippen molar-refractivity contribution in [3.05, 3.63) is 96.6 Å². The maximum atomic E-state index is 2.39. The molecule has 0 aliphatic rings. The molecule has 0 saturated heterocycles. The molecular formula is C32H28S. The molecule has 0 saturated carbocycles. The van der Waals surface area contributed by atoms with E-state index in [-0.39, 0.29) is 0 Å². The molecule has 0 amide bonds. The zero-order valence-corrected chi connectivity index (χ0v) is 19.9. The maximum absolute atomic E-state index is 2.39. The third-order valence-electron chi connectivity index (χ3n) is 6.90. The molecule has 0 aliphatic heterocycles. The summed E-state index contributed by atoms with van der Waals surface area (Å²) in [5, 5.41) is 8.00. The van der Waals surface area contributed by atoms with Gasteiger partial charge < -0.3 is 0 Å². The number of hydrogen-bond donors (Lipinski definition) is 0. The Hall–Kier alpha value is -3.16. The predicted octanol–water partition coefficient (Wildman–Crippen LogP) is 10.2. The SMILES string of the molecule is CCCCCCc1ccc(-c2ccc3cc4sc5cc6ccccc6cc5c4cc3c2)cc1. The predicted molar refractivity (Wildman–Crippen MR) is 148 cm³/mol. The number of thiophene rings is 1. The number of rotatable bonds is 6. The summed E-state index contributed by atoms with van der Waals surface area (Å²) >= 11 is 1.90. The molecule has 0 radical (unpaired) electrons. The highest BCUT2D eigenvalue weighted by Gasteiger charge is 2.09. The first kappa shape index (κ1) is 20.4. The Morgan fingerprint density at radius 2 is 1.18 bits per heavy atom. The van der Waals surface area contributed by atoms with Crippen molar-refractivity contribution in [1.29, 1.82) is 0 Å². The number of benzene rings is 5. The second-order valence-electron chi connectivity index (χ2n) is 9.22. The first-order chi connectivity index (χ1) is 16.3. The van der Waals surface area contributed by atoms with Gasteiger partial charge in [-0.1, -0.05) is 86.8 Å². The van der Waals surface area contributed by atoms with Crippen LogP contribution in [0.4, 0.5) is 0 Å². The van der Waals surface area contributed by atoms with Crippen molar-refractivity contribution in [2.75, 3.05) is 0 Å². The van der Waals surface area contributed by atoms with Crippen molar-refractivity contribution in [2.45, 2.75) is 39.0 Å². The van der Waals surface area contributed by atoms with Gasteiger partial charge in [-0.3, -0.25) is 0 Å². The molecule has 0 nitrogen and oxygen atoms in total. The minimum absolute atomic E-state index is 1.19. The van der Waals surface area contributed by atoms with Crippen LogP contribution in [0, 0.1) is 0 Å². The maximum Gasteiger partial charge on any atom is 0.0361 e. The Morgan fingerprint density at radius 3 is 1.91 bits per heavy atom. The zero-order chi connectivity index (χ0) is 22.2. The van der Waals surface area contributed by atoms with Crippen LogP contribution in [0.1, 0.15) is 38.2 Å². The fourth-order valence-corrected chi connectivity index (χ4v) is 6.17. The highest BCUT2D eigenvalue weighted by atomic mass is 32.1. The topological polar surface area (TPSA) is 0 Å². The van der Waals surface area contributed by atoms with Gasteiger partial charge in [0.25, 0.3) is 0 Å². The van der Waals surface area contributed by atoms with Gasteiger partial charge in [-0.15, -0.1) is 11.3 Å². The quantitative estimate of drug-likeness (QED) is 0.224. The average Bonchev–Trinajstić information content (AvgIpc) is 3.20. The lowest BCUT2D eigenvalue weighted by molar-refractivity contribution is 0.667. The van der Waals surface area contributed by atoms with E-state index in [1.54, 1.807) is 0 Å². The Balaban J connectivity index is 1.37. The summed E-state index contributed by atoms with van der Waals surface area (Å²) in [4.78, 5) is 0. The van der Waals surface area contributed by atoms with Gasteiger partial charge in [-0.2, -0.15) is 0 Å². The summed E-state index contributed by atoms with van der Waals surface area (Å²) in [6.07, 6.45) is 6.46. The lowest BCUT2D eigenvalue weighted by Gasteiger charge is -2.07. The lowest BCUT2D eigenvalue weighted by atomic mass is 9.98. The van der Waals surface area contributed by atoms with E-state index in [0.717, 1.165) is 0 Å². The Labute approximate surface area is 199 Å². The van der Waals surface area contributed by atoms with Crippen LogP contribution in [0.2, 0.25) is 0 Å². The Kier molecular flexibility index (Phi) is 5.36. The van der Waals surface area contributed by atoms with E-state index in [2.05, 4.69) is 97.9 Å². The van der Waals surface area contributed by atoms with Gasteiger partial charge >= 0.3 is 0 Å². The number of aryl methyl sites for hydroxylation is 1. The van der Waals surface area contributed by atoms with Gasteiger partial charge in [0.2, 0.25) is 0 Å². The molecule has 162 valence electrons. The lowest BCUT2D eigenvalue weighted by Crippen LogP contribution is -1.86. The number of fused-ring (bicyclic) bond motifs is 5. The van der Waals surface area contributed by atoms with Crippen LogP contribution >= 0.6 is 11.3 Å². The minimum Gasteiger partial charge on any atom is -0.135 e. The fraction of sp³-hybridized carbons (Fsp3) is 0.188. The summed E-state index contributed by atoms with van der Waals surface area (Å²) in [6, 6.07) is 34.2. The molecule has 0 N–H and O–H groups in total. The van der Waals surface area contributed by atoms with E-state index >= 15 is 0 Å². The zero-order valence-electron chi connectivity index (χ0n) is 19.1. The minimum atomic E-state index is 1.19. The van der Waals surface area contributed by atoms with Gasteiger partial charge in [0, 0.05) is 20.2 Å². The van der Waals surface area contributed by atoms with Gasteiger partial charge in [0.1, 0.15) is 0 Å². The third-order valence-corrected chi connectivity index (χ3v) is 8.02. The van der Waals surface area contributed by atoms with Crippen molar-refractivity contribution in [1.82, 2.24) is 0 Å². The van der Waals surface area contributed by atoms with Crippen LogP contribution in [0.3, 0.4) is 0 Å². The smallest absolute Gasteiger partial charge is 0.0361 e. The van der Waals surface area contributed by atoms with Crippen LogP contribution in [0.5, 0.6) is 0 Å². The molecule has 33 heavy (non-hydrogen) atoms. The molecule has 6 aromatic rings. The molecule has 1 aromatic heterocycles. The van der Waals surface area contributed by atoms with E-state index in [4.69, 9.17) is 0 Å².